The quantitative estimate of drug-likeness (QED) is 0.855. The van der Waals surface area contributed by atoms with E-state index in [-0.39, 0.29) is 0 Å². The molecule has 6 heteroatoms. The van der Waals surface area contributed by atoms with Crippen molar-refractivity contribution in [3.63, 3.8) is 0 Å². The molecule has 120 valence electrons. The van der Waals surface area contributed by atoms with Crippen molar-refractivity contribution < 1.29 is 19.1 Å². The highest BCUT2D eigenvalue weighted by Crippen LogP contribution is 2.28. The Morgan fingerprint density at radius 1 is 1.00 bits per heavy atom. The first-order chi connectivity index (χ1) is 11.2. The first-order valence-electron chi connectivity index (χ1n) is 7.04. The van der Waals surface area contributed by atoms with E-state index in [2.05, 4.69) is 15.0 Å². The molecule has 0 bridgehead atoms. The van der Waals surface area contributed by atoms with Crippen molar-refractivity contribution in [3.05, 3.63) is 66.0 Å². The van der Waals surface area contributed by atoms with Crippen LogP contribution in [0.4, 0.5) is 4.79 Å². The molecule has 0 spiro atoms. The lowest BCUT2D eigenvalue weighted by atomic mass is 9.86. The van der Waals surface area contributed by atoms with Crippen molar-refractivity contribution in [2.45, 2.75) is 12.0 Å². The fourth-order valence-corrected chi connectivity index (χ4v) is 2.39. The maximum absolute atomic E-state index is 12.2. The lowest BCUT2D eigenvalue weighted by Gasteiger charge is -2.26. The molecule has 2 atom stereocenters. The van der Waals surface area contributed by atoms with Gasteiger partial charge in [0.25, 0.3) is 0 Å². The van der Waals surface area contributed by atoms with Crippen molar-refractivity contribution in [2.75, 3.05) is 14.2 Å². The first kappa shape index (κ1) is 16.5. The third kappa shape index (κ3) is 4.06. The second-order valence-corrected chi connectivity index (χ2v) is 4.81. The van der Waals surface area contributed by atoms with Crippen molar-refractivity contribution in [2.24, 2.45) is 0 Å². The summed E-state index contributed by atoms with van der Waals surface area (Å²) in [5, 5.41) is 2.55. The number of alkyl carbamates (subject to hydrolysis) is 1. The maximum Gasteiger partial charge on any atom is 0.407 e. The van der Waals surface area contributed by atoms with E-state index in [1.165, 1.54) is 14.2 Å². The van der Waals surface area contributed by atoms with Crippen molar-refractivity contribution >= 4 is 12.1 Å². The third-order valence-corrected chi connectivity index (χ3v) is 3.45. The van der Waals surface area contributed by atoms with Gasteiger partial charge in [-0.25, -0.2) is 9.59 Å². The molecule has 1 aromatic heterocycles. The SMILES string of the molecule is COC(=O)N[C@H](C(=O)OC)[C@@H](c1ccccc1)c1cccnc1. The highest BCUT2D eigenvalue weighted by atomic mass is 16.5. The Hall–Kier alpha value is -2.89. The number of benzene rings is 1. The number of hydrogen-bond acceptors (Lipinski definition) is 5. The highest BCUT2D eigenvalue weighted by molar-refractivity contribution is 5.83. The zero-order valence-corrected chi connectivity index (χ0v) is 12.9. The molecule has 0 saturated heterocycles. The first-order valence-corrected chi connectivity index (χ1v) is 7.04. The fourth-order valence-electron chi connectivity index (χ4n) is 2.39. The molecule has 0 radical (unpaired) electrons. The number of ether oxygens (including phenoxy) is 2. The normalized spacial score (nSPS) is 12.8. The molecular formula is C17H18N2O4. The van der Waals surface area contributed by atoms with Crippen LogP contribution in [0.5, 0.6) is 0 Å². The number of carbonyl (C=O) groups is 2. The van der Waals surface area contributed by atoms with E-state index < -0.39 is 24.0 Å². The number of methoxy groups -OCH3 is 2. The van der Waals surface area contributed by atoms with E-state index in [1.54, 1.807) is 18.5 Å². The molecule has 0 fully saturated rings. The van der Waals surface area contributed by atoms with Crippen LogP contribution in [0.2, 0.25) is 0 Å². The number of hydrogen-bond donors (Lipinski definition) is 1. The molecule has 1 N–H and O–H groups in total. The van der Waals surface area contributed by atoms with Crippen LogP contribution in [-0.4, -0.2) is 37.3 Å². The molecule has 0 aliphatic carbocycles. The lowest BCUT2D eigenvalue weighted by molar-refractivity contribution is -0.143. The van der Waals surface area contributed by atoms with Gasteiger partial charge in [-0.3, -0.25) is 4.98 Å². The van der Waals surface area contributed by atoms with Crippen LogP contribution in [-0.2, 0) is 14.3 Å². The molecule has 0 saturated carbocycles. The van der Waals surface area contributed by atoms with Gasteiger partial charge in [-0.2, -0.15) is 0 Å². The van der Waals surface area contributed by atoms with Gasteiger partial charge in [-0.15, -0.1) is 0 Å². The summed E-state index contributed by atoms with van der Waals surface area (Å²) in [4.78, 5) is 28.0. The molecule has 0 aliphatic heterocycles. The predicted octanol–water partition coefficient (Wildman–Crippen LogP) is 2.11. The predicted molar refractivity (Wildman–Crippen MR) is 83.9 cm³/mol. The van der Waals surface area contributed by atoms with Gasteiger partial charge in [0.15, 0.2) is 0 Å². The van der Waals surface area contributed by atoms with Crippen LogP contribution in [0, 0.1) is 0 Å². The van der Waals surface area contributed by atoms with Crippen LogP contribution >= 0.6 is 0 Å². The molecule has 23 heavy (non-hydrogen) atoms. The van der Waals surface area contributed by atoms with E-state index in [4.69, 9.17) is 4.74 Å². The number of nitrogens with zero attached hydrogens (tertiary/aromatic N) is 1. The van der Waals surface area contributed by atoms with Crippen LogP contribution in [0.25, 0.3) is 0 Å². The van der Waals surface area contributed by atoms with E-state index in [1.807, 2.05) is 36.4 Å². The molecule has 1 amide bonds. The minimum atomic E-state index is -0.931. The Balaban J connectivity index is 2.48. The Labute approximate surface area is 134 Å². The Bertz CT molecular complexity index is 607. The standard InChI is InChI=1S/C17H18N2O4/c1-22-16(20)15(19-17(21)23-2)14(12-7-4-3-5-8-12)13-9-6-10-18-11-13/h3-11,14-15H,1-2H3,(H,19,21)/t14-,15-/m0/s1. The Kier molecular flexibility index (Phi) is 5.68. The second-order valence-electron chi connectivity index (χ2n) is 4.81. The molecule has 1 aromatic carbocycles. The number of nitrogens with one attached hydrogen (secondary N) is 1. The summed E-state index contributed by atoms with van der Waals surface area (Å²) < 4.78 is 9.48. The maximum atomic E-state index is 12.2. The Morgan fingerprint density at radius 2 is 1.70 bits per heavy atom. The summed E-state index contributed by atoms with van der Waals surface area (Å²) >= 11 is 0. The van der Waals surface area contributed by atoms with Gasteiger partial charge in [0.05, 0.1) is 14.2 Å². The van der Waals surface area contributed by atoms with E-state index >= 15 is 0 Å². The molecule has 1 heterocycles. The summed E-state index contributed by atoms with van der Waals surface area (Å²) in [5.74, 6) is -1.01. The molecular weight excluding hydrogens is 296 g/mol. The van der Waals surface area contributed by atoms with E-state index in [0.717, 1.165) is 11.1 Å². The number of aromatic nitrogens is 1. The molecule has 0 unspecified atom stereocenters. The number of rotatable bonds is 5. The van der Waals surface area contributed by atoms with E-state index in [0.29, 0.717) is 0 Å². The van der Waals surface area contributed by atoms with Gasteiger partial charge in [-0.05, 0) is 17.2 Å². The zero-order valence-electron chi connectivity index (χ0n) is 12.9. The van der Waals surface area contributed by atoms with Crippen LogP contribution in [0.15, 0.2) is 54.9 Å². The van der Waals surface area contributed by atoms with Gasteiger partial charge in [-0.1, -0.05) is 36.4 Å². The zero-order chi connectivity index (χ0) is 16.7. The van der Waals surface area contributed by atoms with Gasteiger partial charge >= 0.3 is 12.1 Å². The average Bonchev–Trinajstić information content (AvgIpc) is 2.62. The van der Waals surface area contributed by atoms with Gasteiger partial charge in [0.2, 0.25) is 0 Å². The Morgan fingerprint density at radius 3 is 2.26 bits per heavy atom. The third-order valence-electron chi connectivity index (χ3n) is 3.45. The van der Waals surface area contributed by atoms with Crippen LogP contribution in [0.1, 0.15) is 17.0 Å². The molecule has 2 rings (SSSR count). The largest absolute Gasteiger partial charge is 0.467 e. The van der Waals surface area contributed by atoms with E-state index in [9.17, 15) is 9.59 Å². The second kappa shape index (κ2) is 7.93. The average molecular weight is 314 g/mol. The minimum absolute atomic E-state index is 0.448. The number of carbonyl (C=O) groups excluding carboxylic acids is 2. The highest BCUT2D eigenvalue weighted by Gasteiger charge is 2.33. The number of esters is 1. The minimum Gasteiger partial charge on any atom is -0.467 e. The number of amides is 1. The summed E-state index contributed by atoms with van der Waals surface area (Å²) in [7, 11) is 2.52. The monoisotopic (exact) mass is 314 g/mol. The van der Waals surface area contributed by atoms with Gasteiger partial charge in [0.1, 0.15) is 6.04 Å². The number of pyridine rings is 1. The van der Waals surface area contributed by atoms with Crippen molar-refractivity contribution in [3.8, 4) is 0 Å². The summed E-state index contributed by atoms with van der Waals surface area (Å²) in [5.41, 5.74) is 1.64. The summed E-state index contributed by atoms with van der Waals surface area (Å²) in [6.45, 7) is 0. The lowest BCUT2D eigenvalue weighted by Crippen LogP contribution is -2.46. The van der Waals surface area contributed by atoms with Crippen LogP contribution in [0.3, 0.4) is 0 Å². The summed E-state index contributed by atoms with van der Waals surface area (Å²) in [6.07, 6.45) is 2.60. The van der Waals surface area contributed by atoms with Gasteiger partial charge < -0.3 is 14.8 Å². The van der Waals surface area contributed by atoms with Gasteiger partial charge in [0, 0.05) is 18.3 Å². The smallest absolute Gasteiger partial charge is 0.407 e. The van der Waals surface area contributed by atoms with Crippen LogP contribution < -0.4 is 5.32 Å². The topological polar surface area (TPSA) is 77.5 Å². The summed E-state index contributed by atoms with van der Waals surface area (Å²) in [6, 6.07) is 12.1. The molecule has 6 nitrogen and oxygen atoms in total. The molecule has 2 aromatic rings. The molecule has 0 aliphatic rings. The van der Waals surface area contributed by atoms with Crippen molar-refractivity contribution in [1.29, 1.82) is 0 Å². The fraction of sp³-hybridized carbons (Fsp3) is 0.235. The van der Waals surface area contributed by atoms with Crippen molar-refractivity contribution in [1.82, 2.24) is 10.3 Å².